The van der Waals surface area contributed by atoms with E-state index < -0.39 is 18.7 Å². The smallest absolute Gasteiger partial charge is 0.422 e. The number of aryl methyl sites for hydroxylation is 1. The van der Waals surface area contributed by atoms with Crippen LogP contribution in [-0.2, 0) is 17.8 Å². The van der Waals surface area contributed by atoms with Crippen LogP contribution in [0.4, 0.5) is 13.2 Å². The Labute approximate surface area is 166 Å². The van der Waals surface area contributed by atoms with E-state index in [0.29, 0.717) is 22.6 Å². The van der Waals surface area contributed by atoms with E-state index in [2.05, 4.69) is 20.0 Å². The molecule has 29 heavy (non-hydrogen) atoms. The number of amides is 1. The van der Waals surface area contributed by atoms with Crippen LogP contribution in [0.1, 0.15) is 41.3 Å². The maximum Gasteiger partial charge on any atom is 0.422 e. The Hall–Kier alpha value is -2.97. The van der Waals surface area contributed by atoms with Crippen molar-refractivity contribution in [3.05, 3.63) is 53.0 Å². The van der Waals surface area contributed by atoms with Gasteiger partial charge in [-0.25, -0.2) is 4.98 Å². The predicted molar refractivity (Wildman–Crippen MR) is 99.5 cm³/mol. The quantitative estimate of drug-likeness (QED) is 0.723. The first kappa shape index (κ1) is 22.3. The van der Waals surface area contributed by atoms with E-state index in [4.69, 9.17) is 0 Å². The Kier molecular flexibility index (Phi) is 7.30. The van der Waals surface area contributed by atoms with Crippen molar-refractivity contribution in [2.24, 2.45) is 5.92 Å². The van der Waals surface area contributed by atoms with Gasteiger partial charge in [-0.15, -0.1) is 0 Å². The number of carbonyl (C=O) groups is 2. The minimum absolute atomic E-state index is 0.00365. The number of aromatic nitrogens is 2. The van der Waals surface area contributed by atoms with E-state index in [1.807, 2.05) is 0 Å². The first-order valence-corrected chi connectivity index (χ1v) is 8.97. The molecule has 6 nitrogen and oxygen atoms in total. The summed E-state index contributed by atoms with van der Waals surface area (Å²) in [6.45, 7) is 3.88. The van der Waals surface area contributed by atoms with E-state index in [0.717, 1.165) is 0 Å². The zero-order chi connectivity index (χ0) is 21.6. The summed E-state index contributed by atoms with van der Waals surface area (Å²) in [5, 5.41) is 2.65. The van der Waals surface area contributed by atoms with Gasteiger partial charge in [0.25, 0.3) is 5.91 Å². The number of hydrogen-bond acceptors (Lipinski definition) is 5. The highest BCUT2D eigenvalue weighted by Crippen LogP contribution is 2.17. The topological polar surface area (TPSA) is 81.2 Å². The molecule has 0 fully saturated rings. The van der Waals surface area contributed by atoms with Crippen LogP contribution in [0.25, 0.3) is 0 Å². The molecule has 0 aliphatic carbocycles. The average Bonchev–Trinajstić information content (AvgIpc) is 2.63. The molecule has 0 aliphatic rings. The Balaban J connectivity index is 2.02. The second-order valence-electron chi connectivity index (χ2n) is 6.84. The molecule has 0 bridgehead atoms. The predicted octanol–water partition coefficient (Wildman–Crippen LogP) is 3.42. The Morgan fingerprint density at radius 3 is 2.52 bits per heavy atom. The Bertz CT molecular complexity index is 883. The highest BCUT2D eigenvalue weighted by Gasteiger charge is 2.28. The maximum absolute atomic E-state index is 12.5. The lowest BCUT2D eigenvalue weighted by molar-refractivity contribution is -0.154. The van der Waals surface area contributed by atoms with Crippen molar-refractivity contribution < 1.29 is 27.5 Å². The summed E-state index contributed by atoms with van der Waals surface area (Å²) < 4.78 is 41.3. The zero-order valence-corrected chi connectivity index (χ0v) is 16.3. The molecule has 0 aliphatic heterocycles. The number of carbonyl (C=O) groups excluding carboxylic acids is 2. The van der Waals surface area contributed by atoms with Gasteiger partial charge in [0.1, 0.15) is 5.78 Å². The van der Waals surface area contributed by atoms with Crippen molar-refractivity contribution in [3.8, 4) is 5.88 Å². The first-order chi connectivity index (χ1) is 13.5. The molecule has 0 atom stereocenters. The zero-order valence-electron chi connectivity index (χ0n) is 16.3. The summed E-state index contributed by atoms with van der Waals surface area (Å²) in [6.07, 6.45) is -4.32. The number of ketones is 1. The summed E-state index contributed by atoms with van der Waals surface area (Å²) in [5.41, 5.74) is 1.80. The largest absolute Gasteiger partial charge is 0.468 e. The molecule has 2 rings (SSSR count). The summed E-state index contributed by atoms with van der Waals surface area (Å²) in [5.74, 6) is -0.692. The van der Waals surface area contributed by atoms with E-state index >= 15 is 0 Å². The molecule has 9 heteroatoms. The molecule has 0 spiro atoms. The normalized spacial score (nSPS) is 11.4. The van der Waals surface area contributed by atoms with Crippen molar-refractivity contribution in [2.45, 2.75) is 39.9 Å². The van der Waals surface area contributed by atoms with Gasteiger partial charge < -0.3 is 10.1 Å². The molecule has 2 aromatic rings. The van der Waals surface area contributed by atoms with Crippen molar-refractivity contribution >= 4 is 11.7 Å². The number of halogens is 3. The van der Waals surface area contributed by atoms with Crippen LogP contribution < -0.4 is 10.1 Å². The highest BCUT2D eigenvalue weighted by atomic mass is 19.4. The number of Topliss-reactive ketones (excluding diaryl/α,β-unsaturated/α-hetero) is 1. The van der Waals surface area contributed by atoms with Gasteiger partial charge >= 0.3 is 6.18 Å². The molecule has 1 N–H and O–H groups in total. The SMILES string of the molecule is Cc1cc(C(=O)NCc2cccc(OCC(F)(F)F)n2)cc(CC(=O)C(C)C)n1. The molecule has 0 aromatic carbocycles. The van der Waals surface area contributed by atoms with Crippen LogP contribution in [0.15, 0.2) is 30.3 Å². The second kappa shape index (κ2) is 9.49. The van der Waals surface area contributed by atoms with Crippen LogP contribution >= 0.6 is 0 Å². The van der Waals surface area contributed by atoms with Gasteiger partial charge in [-0.2, -0.15) is 13.2 Å². The van der Waals surface area contributed by atoms with E-state index in [1.54, 1.807) is 39.0 Å². The van der Waals surface area contributed by atoms with Crippen molar-refractivity contribution in [2.75, 3.05) is 6.61 Å². The molecule has 0 saturated heterocycles. The number of hydrogen-bond donors (Lipinski definition) is 1. The van der Waals surface area contributed by atoms with Crippen molar-refractivity contribution in [1.82, 2.24) is 15.3 Å². The standard InChI is InChI=1S/C20H22F3N3O3/c1-12(2)17(27)9-16-8-14(7-13(3)25-16)19(28)24-10-15-5-4-6-18(26-15)29-11-20(21,22)23/h4-8,12H,9-11H2,1-3H3,(H,24,28). The number of alkyl halides is 3. The number of rotatable bonds is 8. The molecule has 1 amide bonds. The fraction of sp³-hybridized carbons (Fsp3) is 0.400. The fourth-order valence-corrected chi connectivity index (χ4v) is 2.41. The number of nitrogens with zero attached hydrogens (tertiary/aromatic N) is 2. The minimum atomic E-state index is -4.46. The third kappa shape index (κ3) is 7.52. The lowest BCUT2D eigenvalue weighted by Gasteiger charge is -2.11. The molecule has 2 heterocycles. The molecule has 156 valence electrons. The van der Waals surface area contributed by atoms with Gasteiger partial charge in [-0.05, 0) is 25.1 Å². The Morgan fingerprint density at radius 1 is 1.14 bits per heavy atom. The average molecular weight is 409 g/mol. The lowest BCUT2D eigenvalue weighted by atomic mass is 10.0. The van der Waals surface area contributed by atoms with Crippen molar-refractivity contribution in [1.29, 1.82) is 0 Å². The van der Waals surface area contributed by atoms with Crippen LogP contribution in [-0.4, -0.2) is 34.4 Å². The molecule has 0 radical (unpaired) electrons. The molecule has 0 unspecified atom stereocenters. The number of nitrogens with one attached hydrogen (secondary N) is 1. The highest BCUT2D eigenvalue weighted by molar-refractivity contribution is 5.94. The first-order valence-electron chi connectivity index (χ1n) is 8.97. The van der Waals surface area contributed by atoms with Crippen LogP contribution in [0, 0.1) is 12.8 Å². The molecule has 2 aromatic heterocycles. The lowest BCUT2D eigenvalue weighted by Crippen LogP contribution is -2.24. The number of ether oxygens (including phenoxy) is 1. The van der Waals surface area contributed by atoms with E-state index in [1.165, 1.54) is 12.1 Å². The van der Waals surface area contributed by atoms with Crippen LogP contribution in [0.3, 0.4) is 0 Å². The Morgan fingerprint density at radius 2 is 1.86 bits per heavy atom. The summed E-state index contributed by atoms with van der Waals surface area (Å²) in [4.78, 5) is 32.6. The monoisotopic (exact) mass is 409 g/mol. The molecular formula is C20H22F3N3O3. The van der Waals surface area contributed by atoms with Crippen LogP contribution in [0.5, 0.6) is 5.88 Å². The fourth-order valence-electron chi connectivity index (χ4n) is 2.41. The van der Waals surface area contributed by atoms with Gasteiger partial charge in [0, 0.05) is 35.4 Å². The second-order valence-corrected chi connectivity index (χ2v) is 6.84. The van der Waals surface area contributed by atoms with Crippen LogP contribution in [0.2, 0.25) is 0 Å². The third-order valence-electron chi connectivity index (χ3n) is 3.86. The van der Waals surface area contributed by atoms with Gasteiger partial charge in [0.2, 0.25) is 5.88 Å². The molecular weight excluding hydrogens is 387 g/mol. The summed E-state index contributed by atoms with van der Waals surface area (Å²) in [7, 11) is 0. The maximum atomic E-state index is 12.5. The summed E-state index contributed by atoms with van der Waals surface area (Å²) in [6, 6.07) is 7.51. The van der Waals surface area contributed by atoms with Gasteiger partial charge in [0.15, 0.2) is 6.61 Å². The van der Waals surface area contributed by atoms with Gasteiger partial charge in [-0.1, -0.05) is 19.9 Å². The molecule has 0 saturated carbocycles. The number of pyridine rings is 2. The van der Waals surface area contributed by atoms with Gasteiger partial charge in [0.05, 0.1) is 12.2 Å². The van der Waals surface area contributed by atoms with Crippen molar-refractivity contribution in [3.63, 3.8) is 0 Å². The minimum Gasteiger partial charge on any atom is -0.468 e. The van der Waals surface area contributed by atoms with E-state index in [9.17, 15) is 22.8 Å². The summed E-state index contributed by atoms with van der Waals surface area (Å²) >= 11 is 0. The third-order valence-corrected chi connectivity index (χ3v) is 3.86. The van der Waals surface area contributed by atoms with Gasteiger partial charge in [-0.3, -0.25) is 14.6 Å². The van der Waals surface area contributed by atoms with E-state index in [-0.39, 0.29) is 30.5 Å².